The minimum atomic E-state index is -0.642. The summed E-state index contributed by atoms with van der Waals surface area (Å²) >= 11 is 0. The number of nitrogens with zero attached hydrogens (tertiary/aromatic N) is 3. The lowest BCUT2D eigenvalue weighted by Crippen LogP contribution is -2.50. The number of hydrogen-bond acceptors (Lipinski definition) is 3. The van der Waals surface area contributed by atoms with Gasteiger partial charge in [-0.15, -0.1) is 0 Å². The predicted molar refractivity (Wildman–Crippen MR) is 77.5 cm³/mol. The number of aromatic nitrogens is 2. The Morgan fingerprint density at radius 3 is 2.62 bits per heavy atom. The zero-order chi connectivity index (χ0) is 15.0. The van der Waals surface area contributed by atoms with Crippen molar-refractivity contribution in [3.8, 4) is 0 Å². The molecule has 0 bridgehead atoms. The average Bonchev–Trinajstić information content (AvgIpc) is 3.01. The number of rotatable bonds is 3. The molecule has 3 rings (SSSR count). The fourth-order valence-electron chi connectivity index (χ4n) is 3.37. The van der Waals surface area contributed by atoms with Gasteiger partial charge in [-0.2, -0.15) is 5.10 Å². The fourth-order valence-corrected chi connectivity index (χ4v) is 3.37. The van der Waals surface area contributed by atoms with Crippen LogP contribution in [0.15, 0.2) is 12.3 Å². The molecule has 1 spiro atoms. The molecule has 0 aromatic carbocycles. The van der Waals surface area contributed by atoms with E-state index in [1.54, 1.807) is 4.90 Å². The first-order valence-electron chi connectivity index (χ1n) is 7.70. The maximum Gasteiger partial charge on any atom is 0.325 e. The van der Waals surface area contributed by atoms with Crippen LogP contribution >= 0.6 is 0 Å². The summed E-state index contributed by atoms with van der Waals surface area (Å²) in [6.07, 6.45) is 6.57. The van der Waals surface area contributed by atoms with Crippen molar-refractivity contribution >= 4 is 11.9 Å². The van der Waals surface area contributed by atoms with Crippen molar-refractivity contribution < 1.29 is 9.59 Å². The Bertz CT molecular complexity index is 558. The summed E-state index contributed by atoms with van der Waals surface area (Å²) in [5.41, 5.74) is 0.190. The van der Waals surface area contributed by atoms with Crippen LogP contribution in [0.3, 0.4) is 0 Å². The maximum absolute atomic E-state index is 12.3. The number of imide groups is 1. The fraction of sp³-hybridized carbons (Fsp3) is 0.667. The van der Waals surface area contributed by atoms with E-state index in [1.807, 2.05) is 16.9 Å². The molecule has 2 fully saturated rings. The van der Waals surface area contributed by atoms with Crippen molar-refractivity contribution in [2.75, 3.05) is 0 Å². The largest absolute Gasteiger partial charge is 0.325 e. The van der Waals surface area contributed by atoms with Crippen LogP contribution < -0.4 is 5.32 Å². The zero-order valence-corrected chi connectivity index (χ0v) is 12.6. The molecule has 1 aliphatic carbocycles. The van der Waals surface area contributed by atoms with Gasteiger partial charge in [0.1, 0.15) is 5.54 Å². The monoisotopic (exact) mass is 290 g/mol. The molecule has 3 amide bonds. The van der Waals surface area contributed by atoms with Crippen molar-refractivity contribution in [1.82, 2.24) is 20.0 Å². The molecule has 1 saturated heterocycles. The van der Waals surface area contributed by atoms with Gasteiger partial charge in [-0.05, 0) is 32.8 Å². The third kappa shape index (κ3) is 2.32. The van der Waals surface area contributed by atoms with Gasteiger partial charge in [-0.1, -0.05) is 19.3 Å². The van der Waals surface area contributed by atoms with Crippen LogP contribution in [0.2, 0.25) is 0 Å². The number of carbonyl (C=O) groups is 2. The first-order valence-corrected chi connectivity index (χ1v) is 7.70. The predicted octanol–water partition coefficient (Wildman–Crippen LogP) is 2.22. The molecule has 6 nitrogen and oxygen atoms in total. The molecule has 0 unspecified atom stereocenters. The van der Waals surface area contributed by atoms with Crippen LogP contribution in [0.25, 0.3) is 0 Å². The highest BCUT2D eigenvalue weighted by molar-refractivity contribution is 6.07. The van der Waals surface area contributed by atoms with Gasteiger partial charge >= 0.3 is 6.03 Å². The Hall–Kier alpha value is -1.85. The molecule has 1 aromatic heterocycles. The van der Waals surface area contributed by atoms with Gasteiger partial charge in [0, 0.05) is 12.2 Å². The second-order valence-electron chi connectivity index (χ2n) is 6.32. The molecule has 21 heavy (non-hydrogen) atoms. The van der Waals surface area contributed by atoms with E-state index in [1.165, 1.54) is 0 Å². The summed E-state index contributed by atoms with van der Waals surface area (Å²) in [4.78, 5) is 26.1. The Morgan fingerprint density at radius 2 is 2.00 bits per heavy atom. The average molecular weight is 290 g/mol. The molecule has 1 N–H and O–H groups in total. The second-order valence-corrected chi connectivity index (χ2v) is 6.32. The van der Waals surface area contributed by atoms with Gasteiger partial charge in [-0.3, -0.25) is 14.8 Å². The highest BCUT2D eigenvalue weighted by Gasteiger charge is 2.52. The van der Waals surface area contributed by atoms with Crippen LogP contribution in [0.4, 0.5) is 4.79 Å². The lowest BCUT2D eigenvalue weighted by atomic mass is 9.80. The Balaban J connectivity index is 1.84. The van der Waals surface area contributed by atoms with Crippen molar-refractivity contribution in [1.29, 1.82) is 0 Å². The Kier molecular flexibility index (Phi) is 3.47. The lowest BCUT2D eigenvalue weighted by Gasteiger charge is -2.37. The third-order valence-corrected chi connectivity index (χ3v) is 4.60. The molecule has 2 aliphatic rings. The van der Waals surface area contributed by atoms with Crippen LogP contribution in [0, 0.1) is 0 Å². The van der Waals surface area contributed by atoms with Crippen LogP contribution in [-0.2, 0) is 11.3 Å². The van der Waals surface area contributed by atoms with Crippen molar-refractivity contribution in [2.45, 2.75) is 64.1 Å². The highest BCUT2D eigenvalue weighted by atomic mass is 16.2. The normalized spacial score (nSPS) is 21.4. The van der Waals surface area contributed by atoms with Crippen molar-refractivity contribution in [2.24, 2.45) is 0 Å². The molecular weight excluding hydrogens is 268 g/mol. The van der Waals surface area contributed by atoms with Crippen LogP contribution in [0.1, 0.15) is 57.7 Å². The second kappa shape index (κ2) is 5.16. The van der Waals surface area contributed by atoms with E-state index in [4.69, 9.17) is 0 Å². The zero-order valence-electron chi connectivity index (χ0n) is 12.6. The number of amides is 3. The smallest absolute Gasteiger partial charge is 0.304 e. The first-order chi connectivity index (χ1) is 10.0. The van der Waals surface area contributed by atoms with E-state index in [0.717, 1.165) is 37.8 Å². The molecule has 1 aliphatic heterocycles. The van der Waals surface area contributed by atoms with Gasteiger partial charge in [0.2, 0.25) is 0 Å². The van der Waals surface area contributed by atoms with Crippen molar-refractivity contribution in [3.05, 3.63) is 18.0 Å². The lowest BCUT2D eigenvalue weighted by molar-refractivity contribution is -0.128. The number of carbonyl (C=O) groups excluding carboxylic acids is 2. The maximum atomic E-state index is 12.3. The van der Waals surface area contributed by atoms with E-state index < -0.39 is 5.54 Å². The standard InChI is InChI=1S/C15H22N4O2/c1-11(2)19-9-6-12(17-19)10-18-14(21)16-13(20)15(18)7-4-3-5-8-15/h6,9,11H,3-5,7-8,10H2,1-2H3,(H,16,20,21). The quantitative estimate of drug-likeness (QED) is 0.868. The van der Waals surface area contributed by atoms with E-state index >= 15 is 0 Å². The number of hydrogen-bond donors (Lipinski definition) is 1. The number of nitrogens with one attached hydrogen (secondary N) is 1. The third-order valence-electron chi connectivity index (χ3n) is 4.60. The van der Waals surface area contributed by atoms with Crippen LogP contribution in [0.5, 0.6) is 0 Å². The van der Waals surface area contributed by atoms with E-state index in [2.05, 4.69) is 24.3 Å². The molecule has 6 heteroatoms. The molecule has 2 heterocycles. The summed E-state index contributed by atoms with van der Waals surface area (Å²) in [6.45, 7) is 4.52. The topological polar surface area (TPSA) is 67.2 Å². The molecule has 1 saturated carbocycles. The number of urea groups is 1. The first kappa shape index (κ1) is 14.1. The summed E-state index contributed by atoms with van der Waals surface area (Å²) in [7, 11) is 0. The van der Waals surface area contributed by atoms with E-state index in [9.17, 15) is 9.59 Å². The molecular formula is C15H22N4O2. The summed E-state index contributed by atoms with van der Waals surface area (Å²) in [5.74, 6) is -0.129. The highest BCUT2D eigenvalue weighted by Crippen LogP contribution is 2.37. The Morgan fingerprint density at radius 1 is 1.29 bits per heavy atom. The molecule has 0 atom stereocenters. The Labute approximate surface area is 124 Å². The van der Waals surface area contributed by atoms with Gasteiger partial charge in [-0.25, -0.2) is 4.79 Å². The van der Waals surface area contributed by atoms with E-state index in [-0.39, 0.29) is 18.0 Å². The van der Waals surface area contributed by atoms with Gasteiger partial charge in [0.05, 0.1) is 12.2 Å². The van der Waals surface area contributed by atoms with Gasteiger partial charge in [0.25, 0.3) is 5.91 Å². The van der Waals surface area contributed by atoms with Crippen LogP contribution in [-0.4, -0.2) is 32.2 Å². The van der Waals surface area contributed by atoms with E-state index in [0.29, 0.717) is 6.54 Å². The molecule has 114 valence electrons. The summed E-state index contributed by atoms with van der Waals surface area (Å²) in [6, 6.07) is 1.93. The molecule has 1 aromatic rings. The van der Waals surface area contributed by atoms with Gasteiger partial charge in [0.15, 0.2) is 0 Å². The van der Waals surface area contributed by atoms with Crippen molar-refractivity contribution in [3.63, 3.8) is 0 Å². The SMILES string of the molecule is CC(C)n1ccc(CN2C(=O)NC(=O)C23CCCCC3)n1. The van der Waals surface area contributed by atoms with Gasteiger partial charge < -0.3 is 4.90 Å². The minimum absolute atomic E-state index is 0.129. The minimum Gasteiger partial charge on any atom is -0.304 e. The molecule has 0 radical (unpaired) electrons. The summed E-state index contributed by atoms with van der Waals surface area (Å²) in [5, 5.41) is 6.99. The summed E-state index contributed by atoms with van der Waals surface area (Å²) < 4.78 is 1.87.